The Labute approximate surface area is 73.8 Å². The predicted molar refractivity (Wildman–Crippen MR) is 48.0 cm³/mol. The fourth-order valence-electron chi connectivity index (χ4n) is 1.09. The van der Waals surface area contributed by atoms with Gasteiger partial charge in [0.25, 0.3) is 0 Å². The molecule has 0 bridgehead atoms. The maximum atomic E-state index is 4.29. The van der Waals surface area contributed by atoms with E-state index in [1.54, 1.807) is 0 Å². The highest BCUT2D eigenvalue weighted by atomic mass is 127. The summed E-state index contributed by atoms with van der Waals surface area (Å²) in [4.78, 5) is 0. The van der Waals surface area contributed by atoms with Crippen LogP contribution < -0.4 is 0 Å². The van der Waals surface area contributed by atoms with Crippen molar-refractivity contribution in [2.45, 2.75) is 25.8 Å². The Bertz CT molecular complexity index is 250. The molecule has 0 amide bonds. The average molecular weight is 248 g/mol. The van der Waals surface area contributed by atoms with E-state index in [2.05, 4.69) is 39.3 Å². The van der Waals surface area contributed by atoms with Gasteiger partial charge in [-0.15, -0.1) is 0 Å². The molecule has 1 aliphatic carbocycles. The topological polar surface area (TPSA) is 17.8 Å². The van der Waals surface area contributed by atoms with Gasteiger partial charge in [0, 0.05) is 5.69 Å². The van der Waals surface area contributed by atoms with Gasteiger partial charge in [-0.1, -0.05) is 0 Å². The summed E-state index contributed by atoms with van der Waals surface area (Å²) in [5, 5.41) is 4.29. The second kappa shape index (κ2) is 2.22. The van der Waals surface area contributed by atoms with Gasteiger partial charge in [-0.3, -0.25) is 4.68 Å². The molecule has 1 saturated carbocycles. The molecule has 0 saturated heterocycles. The largest absolute Gasteiger partial charge is 0.266 e. The van der Waals surface area contributed by atoms with Crippen molar-refractivity contribution in [2.75, 3.05) is 0 Å². The number of aromatic nitrogens is 2. The lowest BCUT2D eigenvalue weighted by molar-refractivity contribution is 0.621. The molecule has 0 N–H and O–H groups in total. The van der Waals surface area contributed by atoms with Crippen LogP contribution in [0.25, 0.3) is 0 Å². The Morgan fingerprint density at radius 1 is 1.70 bits per heavy atom. The molecule has 2 rings (SSSR count). The van der Waals surface area contributed by atoms with Crippen LogP contribution in [0.1, 0.15) is 24.6 Å². The summed E-state index contributed by atoms with van der Waals surface area (Å²) < 4.78 is 3.42. The number of halogens is 1. The van der Waals surface area contributed by atoms with E-state index in [1.807, 2.05) is 6.20 Å². The molecule has 1 aromatic heterocycles. The summed E-state index contributed by atoms with van der Waals surface area (Å²) >= 11 is 2.32. The van der Waals surface area contributed by atoms with Crippen LogP contribution in [0, 0.1) is 10.5 Å². The molecule has 0 unspecified atom stereocenters. The second-order valence-corrected chi connectivity index (χ2v) is 3.92. The van der Waals surface area contributed by atoms with Crippen LogP contribution in [0.2, 0.25) is 0 Å². The molecular weight excluding hydrogens is 239 g/mol. The van der Waals surface area contributed by atoms with Crippen molar-refractivity contribution in [3.63, 3.8) is 0 Å². The van der Waals surface area contributed by atoms with Gasteiger partial charge in [0.15, 0.2) is 0 Å². The summed E-state index contributed by atoms with van der Waals surface area (Å²) in [6.07, 6.45) is 4.57. The van der Waals surface area contributed by atoms with Gasteiger partial charge >= 0.3 is 0 Å². The Hall–Kier alpha value is -0.0600. The molecule has 1 aliphatic rings. The molecule has 1 fully saturated rings. The third kappa shape index (κ3) is 0.962. The number of nitrogens with zero attached hydrogens (tertiary/aromatic N) is 2. The van der Waals surface area contributed by atoms with Crippen molar-refractivity contribution in [1.82, 2.24) is 9.78 Å². The smallest absolute Gasteiger partial charge is 0.0626 e. The molecule has 1 aromatic rings. The monoisotopic (exact) mass is 248 g/mol. The van der Waals surface area contributed by atoms with E-state index in [0.717, 1.165) is 6.04 Å². The molecule has 0 radical (unpaired) electrons. The van der Waals surface area contributed by atoms with Gasteiger partial charge in [-0.05, 0) is 42.4 Å². The fraction of sp³-hybridized carbons (Fsp3) is 0.571. The molecule has 0 aliphatic heterocycles. The lowest BCUT2D eigenvalue weighted by Crippen LogP contribution is -1.98. The number of rotatable bonds is 1. The first-order valence-corrected chi connectivity index (χ1v) is 4.56. The van der Waals surface area contributed by atoms with Crippen LogP contribution in [0.5, 0.6) is 0 Å². The van der Waals surface area contributed by atoms with Crippen molar-refractivity contribution in [3.8, 4) is 0 Å². The molecule has 3 heteroatoms. The maximum Gasteiger partial charge on any atom is 0.0626 e. The lowest BCUT2D eigenvalue weighted by atomic mass is 10.5. The first-order valence-electron chi connectivity index (χ1n) is 3.48. The van der Waals surface area contributed by atoms with E-state index < -0.39 is 0 Å². The maximum absolute atomic E-state index is 4.29. The number of hydrogen-bond donors (Lipinski definition) is 0. The Kier molecular flexibility index (Phi) is 1.47. The standard InChI is InChI=1S/C7H9IN2/c1-5-7(8)4-9-10(5)6-2-3-6/h4,6H,2-3H2,1H3. The Balaban J connectivity index is 2.40. The molecule has 54 valence electrons. The van der Waals surface area contributed by atoms with Crippen LogP contribution in [-0.4, -0.2) is 9.78 Å². The summed E-state index contributed by atoms with van der Waals surface area (Å²) in [5.74, 6) is 0. The minimum Gasteiger partial charge on any atom is -0.266 e. The van der Waals surface area contributed by atoms with Gasteiger partial charge in [-0.2, -0.15) is 5.10 Å². The van der Waals surface area contributed by atoms with Crippen molar-refractivity contribution in [2.24, 2.45) is 0 Å². The molecular formula is C7H9IN2. The Morgan fingerprint density at radius 2 is 2.40 bits per heavy atom. The molecule has 1 heterocycles. The molecule has 2 nitrogen and oxygen atoms in total. The third-order valence-corrected chi connectivity index (χ3v) is 2.94. The summed E-state index contributed by atoms with van der Waals surface area (Å²) in [7, 11) is 0. The zero-order chi connectivity index (χ0) is 7.14. The van der Waals surface area contributed by atoms with E-state index in [4.69, 9.17) is 0 Å². The van der Waals surface area contributed by atoms with E-state index in [0.29, 0.717) is 0 Å². The van der Waals surface area contributed by atoms with Gasteiger partial charge < -0.3 is 0 Å². The fourth-order valence-corrected chi connectivity index (χ4v) is 1.46. The SMILES string of the molecule is Cc1c(I)cnn1C1CC1. The van der Waals surface area contributed by atoms with Crippen LogP contribution in [0.3, 0.4) is 0 Å². The number of hydrogen-bond acceptors (Lipinski definition) is 1. The highest BCUT2D eigenvalue weighted by Gasteiger charge is 2.25. The van der Waals surface area contributed by atoms with Gasteiger partial charge in [-0.25, -0.2) is 0 Å². The van der Waals surface area contributed by atoms with Crippen molar-refractivity contribution in [3.05, 3.63) is 15.5 Å². The second-order valence-electron chi connectivity index (χ2n) is 2.75. The highest BCUT2D eigenvalue weighted by Crippen LogP contribution is 2.35. The lowest BCUT2D eigenvalue weighted by Gasteiger charge is -1.98. The van der Waals surface area contributed by atoms with Crippen LogP contribution in [-0.2, 0) is 0 Å². The van der Waals surface area contributed by atoms with Crippen LogP contribution in [0.15, 0.2) is 6.20 Å². The van der Waals surface area contributed by atoms with Crippen molar-refractivity contribution >= 4 is 22.6 Å². The summed E-state index contributed by atoms with van der Waals surface area (Å²) in [6, 6.07) is 0.725. The van der Waals surface area contributed by atoms with Crippen LogP contribution >= 0.6 is 22.6 Å². The highest BCUT2D eigenvalue weighted by molar-refractivity contribution is 14.1. The quantitative estimate of drug-likeness (QED) is 0.696. The molecule has 0 spiro atoms. The van der Waals surface area contributed by atoms with E-state index in [9.17, 15) is 0 Å². The zero-order valence-electron chi connectivity index (χ0n) is 5.84. The van der Waals surface area contributed by atoms with E-state index >= 15 is 0 Å². The normalized spacial score (nSPS) is 17.8. The summed E-state index contributed by atoms with van der Waals surface area (Å²) in [5.41, 5.74) is 1.32. The first kappa shape index (κ1) is 6.64. The average Bonchev–Trinajstić information content (AvgIpc) is 2.67. The third-order valence-electron chi connectivity index (χ3n) is 1.88. The Morgan fingerprint density at radius 3 is 2.80 bits per heavy atom. The van der Waals surface area contributed by atoms with E-state index in [-0.39, 0.29) is 0 Å². The van der Waals surface area contributed by atoms with Gasteiger partial charge in [0.05, 0.1) is 15.8 Å². The van der Waals surface area contributed by atoms with Gasteiger partial charge in [0.1, 0.15) is 0 Å². The van der Waals surface area contributed by atoms with Crippen molar-refractivity contribution < 1.29 is 0 Å². The zero-order valence-corrected chi connectivity index (χ0v) is 8.00. The summed E-state index contributed by atoms with van der Waals surface area (Å²) in [6.45, 7) is 2.13. The minimum absolute atomic E-state index is 0.725. The minimum atomic E-state index is 0.725. The predicted octanol–water partition coefficient (Wildman–Crippen LogP) is 2.13. The van der Waals surface area contributed by atoms with Crippen LogP contribution in [0.4, 0.5) is 0 Å². The van der Waals surface area contributed by atoms with E-state index in [1.165, 1.54) is 22.1 Å². The van der Waals surface area contributed by atoms with Crippen molar-refractivity contribution in [1.29, 1.82) is 0 Å². The van der Waals surface area contributed by atoms with Gasteiger partial charge in [0.2, 0.25) is 0 Å². The molecule has 0 atom stereocenters. The first-order chi connectivity index (χ1) is 4.79. The molecule has 0 aromatic carbocycles. The molecule has 10 heavy (non-hydrogen) atoms.